The number of rotatable bonds is 8. The molecule has 1 amide bonds. The quantitative estimate of drug-likeness (QED) is 0.688. The van der Waals surface area contributed by atoms with Crippen molar-refractivity contribution < 1.29 is 22.7 Å². The lowest BCUT2D eigenvalue weighted by atomic mass is 10.2. The predicted molar refractivity (Wildman–Crippen MR) is 111 cm³/mol. The number of amides is 1. The fourth-order valence-electron chi connectivity index (χ4n) is 3.01. The number of aryl methyl sites for hydroxylation is 2. The first-order chi connectivity index (χ1) is 13.8. The number of sulfonamides is 1. The third kappa shape index (κ3) is 5.95. The van der Waals surface area contributed by atoms with Crippen molar-refractivity contribution in [3.63, 3.8) is 0 Å². The Morgan fingerprint density at radius 2 is 1.93 bits per heavy atom. The van der Waals surface area contributed by atoms with Gasteiger partial charge in [0.05, 0.1) is 11.0 Å². The van der Waals surface area contributed by atoms with Gasteiger partial charge in [0.2, 0.25) is 0 Å². The van der Waals surface area contributed by atoms with Gasteiger partial charge in [-0.1, -0.05) is 17.7 Å². The van der Waals surface area contributed by atoms with E-state index in [4.69, 9.17) is 9.47 Å². The smallest absolute Gasteiger partial charge is 0.261 e. The van der Waals surface area contributed by atoms with Gasteiger partial charge in [0.15, 0.2) is 6.61 Å². The lowest BCUT2D eigenvalue weighted by Gasteiger charge is -2.13. The fraction of sp³-hybridized carbons (Fsp3) is 0.381. The lowest BCUT2D eigenvalue weighted by molar-refractivity contribution is -0.123. The van der Waals surface area contributed by atoms with Crippen molar-refractivity contribution in [2.24, 2.45) is 0 Å². The molecule has 156 valence electrons. The van der Waals surface area contributed by atoms with Crippen LogP contribution in [0.4, 0.5) is 5.69 Å². The molecule has 1 unspecified atom stereocenters. The Balaban J connectivity index is 1.57. The van der Waals surface area contributed by atoms with Crippen LogP contribution in [0.1, 0.15) is 24.0 Å². The van der Waals surface area contributed by atoms with Crippen LogP contribution in [0, 0.1) is 13.8 Å². The van der Waals surface area contributed by atoms with Crippen molar-refractivity contribution in [2.45, 2.75) is 37.7 Å². The monoisotopic (exact) mass is 418 g/mol. The molecule has 1 aliphatic rings. The van der Waals surface area contributed by atoms with Gasteiger partial charge in [-0.25, -0.2) is 8.42 Å². The Hall–Kier alpha value is -2.58. The standard InChI is InChI=1S/C21H26N2O5S/c1-15-5-7-17(8-6-15)23-29(25,26)19-9-10-20(16(2)12-19)28-14-21(24)22-13-18-4-3-11-27-18/h5-10,12,18,23H,3-4,11,13-14H2,1-2H3,(H,22,24). The van der Waals surface area contributed by atoms with Crippen molar-refractivity contribution in [1.82, 2.24) is 5.32 Å². The van der Waals surface area contributed by atoms with Gasteiger partial charge in [0.25, 0.3) is 15.9 Å². The van der Waals surface area contributed by atoms with E-state index in [0.29, 0.717) is 23.5 Å². The van der Waals surface area contributed by atoms with Crippen LogP contribution in [0.3, 0.4) is 0 Å². The number of hydrogen-bond acceptors (Lipinski definition) is 5. The third-order valence-corrected chi connectivity index (χ3v) is 6.05. The van der Waals surface area contributed by atoms with Crippen LogP contribution in [-0.4, -0.2) is 40.2 Å². The average molecular weight is 419 g/mol. The van der Waals surface area contributed by atoms with Gasteiger partial charge in [0, 0.05) is 18.8 Å². The van der Waals surface area contributed by atoms with E-state index in [0.717, 1.165) is 25.0 Å². The molecule has 0 bridgehead atoms. The van der Waals surface area contributed by atoms with E-state index in [1.165, 1.54) is 12.1 Å². The molecule has 29 heavy (non-hydrogen) atoms. The Labute approximate surface area is 171 Å². The summed E-state index contributed by atoms with van der Waals surface area (Å²) in [4.78, 5) is 12.1. The molecule has 2 aromatic carbocycles. The van der Waals surface area contributed by atoms with E-state index < -0.39 is 10.0 Å². The van der Waals surface area contributed by atoms with E-state index in [1.807, 2.05) is 19.1 Å². The van der Waals surface area contributed by atoms with Gasteiger partial charge >= 0.3 is 0 Å². The van der Waals surface area contributed by atoms with Crippen LogP contribution in [0.5, 0.6) is 5.75 Å². The summed E-state index contributed by atoms with van der Waals surface area (Å²) in [7, 11) is -3.71. The van der Waals surface area contributed by atoms with Gasteiger partial charge in [-0.15, -0.1) is 0 Å². The summed E-state index contributed by atoms with van der Waals surface area (Å²) in [6.45, 7) is 4.75. The van der Waals surface area contributed by atoms with Crippen molar-refractivity contribution in [2.75, 3.05) is 24.5 Å². The molecule has 0 spiro atoms. The van der Waals surface area contributed by atoms with Gasteiger partial charge in [-0.3, -0.25) is 9.52 Å². The summed E-state index contributed by atoms with van der Waals surface area (Å²) in [6.07, 6.45) is 2.04. The van der Waals surface area contributed by atoms with Crippen molar-refractivity contribution >= 4 is 21.6 Å². The summed E-state index contributed by atoms with van der Waals surface area (Å²) in [5.41, 5.74) is 2.17. The molecule has 0 radical (unpaired) electrons. The minimum absolute atomic E-state index is 0.0752. The van der Waals surface area contributed by atoms with E-state index in [1.54, 1.807) is 25.1 Å². The summed E-state index contributed by atoms with van der Waals surface area (Å²) in [6, 6.07) is 11.7. The number of carbonyl (C=O) groups is 1. The SMILES string of the molecule is Cc1ccc(NS(=O)(=O)c2ccc(OCC(=O)NCC3CCCO3)c(C)c2)cc1. The molecular weight excluding hydrogens is 392 g/mol. The highest BCUT2D eigenvalue weighted by atomic mass is 32.2. The summed E-state index contributed by atoms with van der Waals surface area (Å²) < 4.78 is 38.8. The number of carbonyl (C=O) groups excluding carboxylic acids is 1. The van der Waals surface area contributed by atoms with Crippen LogP contribution >= 0.6 is 0 Å². The molecule has 3 rings (SSSR count). The number of ether oxygens (including phenoxy) is 2. The second kappa shape index (κ2) is 9.28. The first-order valence-electron chi connectivity index (χ1n) is 9.55. The largest absolute Gasteiger partial charge is 0.484 e. The van der Waals surface area contributed by atoms with Crippen molar-refractivity contribution in [3.05, 3.63) is 53.6 Å². The van der Waals surface area contributed by atoms with E-state index in [9.17, 15) is 13.2 Å². The molecule has 1 saturated heterocycles. The highest BCUT2D eigenvalue weighted by molar-refractivity contribution is 7.92. The molecular formula is C21H26N2O5S. The molecule has 1 fully saturated rings. The number of hydrogen-bond donors (Lipinski definition) is 2. The highest BCUT2D eigenvalue weighted by Gasteiger charge is 2.18. The Morgan fingerprint density at radius 3 is 2.59 bits per heavy atom. The molecule has 2 aromatic rings. The Bertz CT molecular complexity index is 952. The molecule has 8 heteroatoms. The highest BCUT2D eigenvalue weighted by Crippen LogP contribution is 2.23. The molecule has 0 saturated carbocycles. The molecule has 2 N–H and O–H groups in total. The zero-order valence-electron chi connectivity index (χ0n) is 16.6. The van der Waals surface area contributed by atoms with Gasteiger partial charge < -0.3 is 14.8 Å². The second-order valence-electron chi connectivity index (χ2n) is 7.13. The van der Waals surface area contributed by atoms with Crippen LogP contribution in [0.2, 0.25) is 0 Å². The average Bonchev–Trinajstić information content (AvgIpc) is 3.20. The van der Waals surface area contributed by atoms with Crippen molar-refractivity contribution in [3.8, 4) is 5.75 Å². The molecule has 7 nitrogen and oxygen atoms in total. The molecule has 1 heterocycles. The topological polar surface area (TPSA) is 93.7 Å². The van der Waals surface area contributed by atoms with Gasteiger partial charge in [0.1, 0.15) is 5.75 Å². The fourth-order valence-corrected chi connectivity index (χ4v) is 4.16. The number of nitrogens with one attached hydrogen (secondary N) is 2. The van der Waals surface area contributed by atoms with Crippen LogP contribution in [-0.2, 0) is 19.6 Å². The minimum atomic E-state index is -3.71. The Kier molecular flexibility index (Phi) is 6.76. The van der Waals surface area contributed by atoms with Gasteiger partial charge in [-0.2, -0.15) is 0 Å². The zero-order chi connectivity index (χ0) is 20.9. The van der Waals surface area contributed by atoms with Crippen molar-refractivity contribution in [1.29, 1.82) is 0 Å². The van der Waals surface area contributed by atoms with E-state index in [-0.39, 0.29) is 23.5 Å². The summed E-state index contributed by atoms with van der Waals surface area (Å²) >= 11 is 0. The van der Waals surface area contributed by atoms with E-state index >= 15 is 0 Å². The number of anilines is 1. The summed E-state index contributed by atoms with van der Waals surface area (Å²) in [5.74, 6) is 0.226. The third-order valence-electron chi connectivity index (χ3n) is 4.67. The predicted octanol–water partition coefficient (Wildman–Crippen LogP) is 2.78. The minimum Gasteiger partial charge on any atom is -0.484 e. The summed E-state index contributed by atoms with van der Waals surface area (Å²) in [5, 5.41) is 2.79. The molecule has 1 aliphatic heterocycles. The van der Waals surface area contributed by atoms with Crippen LogP contribution < -0.4 is 14.8 Å². The normalized spacial score (nSPS) is 16.4. The van der Waals surface area contributed by atoms with E-state index in [2.05, 4.69) is 10.0 Å². The maximum Gasteiger partial charge on any atom is 0.261 e. The first-order valence-corrected chi connectivity index (χ1v) is 11.0. The second-order valence-corrected chi connectivity index (χ2v) is 8.81. The zero-order valence-corrected chi connectivity index (χ0v) is 17.4. The molecule has 1 atom stereocenters. The maximum absolute atomic E-state index is 12.6. The van der Waals surface area contributed by atoms with Crippen LogP contribution in [0.25, 0.3) is 0 Å². The Morgan fingerprint density at radius 1 is 1.17 bits per heavy atom. The first kappa shape index (κ1) is 21.1. The lowest BCUT2D eigenvalue weighted by Crippen LogP contribution is -2.35. The maximum atomic E-state index is 12.6. The molecule has 0 aliphatic carbocycles. The molecule has 0 aromatic heterocycles. The van der Waals surface area contributed by atoms with Crippen LogP contribution in [0.15, 0.2) is 47.4 Å². The number of benzene rings is 2. The van der Waals surface area contributed by atoms with Gasteiger partial charge in [-0.05, 0) is 62.6 Å².